The molecule has 0 aromatic heterocycles. The lowest BCUT2D eigenvalue weighted by Crippen LogP contribution is -2.05. The van der Waals surface area contributed by atoms with Crippen LogP contribution in [0.2, 0.25) is 0 Å². The molecular weight excluding hydrogens is 304 g/mol. The number of hydrogen-bond donors (Lipinski definition) is 3. The lowest BCUT2D eigenvalue weighted by molar-refractivity contribution is -0.137. The lowest BCUT2D eigenvalue weighted by Gasteiger charge is -2.08. The Bertz CT molecular complexity index is 446. The molecule has 1 aromatic rings. The topological polar surface area (TPSA) is 106 Å². The number of anilines is 2. The van der Waals surface area contributed by atoms with Crippen LogP contribution >= 0.6 is 0 Å². The van der Waals surface area contributed by atoms with Crippen LogP contribution in [0.15, 0.2) is 24.3 Å². The predicted molar refractivity (Wildman–Crippen MR) is 99.7 cm³/mol. The Hall–Kier alpha value is -2.04. The maximum atomic E-state index is 10.7. The summed E-state index contributed by atoms with van der Waals surface area (Å²) in [6, 6.07) is 7.15. The van der Waals surface area contributed by atoms with E-state index in [2.05, 4.69) is 6.92 Å². The minimum Gasteiger partial charge on any atom is -0.481 e. The second kappa shape index (κ2) is 14.5. The number of benzene rings is 1. The largest absolute Gasteiger partial charge is 0.481 e. The van der Waals surface area contributed by atoms with Crippen LogP contribution in [0.3, 0.4) is 0 Å². The van der Waals surface area contributed by atoms with E-state index in [4.69, 9.17) is 16.6 Å². The fourth-order valence-electron chi connectivity index (χ4n) is 2.34. The van der Waals surface area contributed by atoms with E-state index in [1.807, 2.05) is 6.07 Å². The third kappa shape index (κ3) is 13.6. The van der Waals surface area contributed by atoms with E-state index in [-0.39, 0.29) is 12.3 Å². The molecule has 0 aliphatic heterocycles. The fourth-order valence-corrected chi connectivity index (χ4v) is 2.34. The van der Waals surface area contributed by atoms with E-state index in [1.165, 1.54) is 25.7 Å². The normalized spacial score (nSPS) is 11.2. The van der Waals surface area contributed by atoms with E-state index in [9.17, 15) is 9.59 Å². The minimum absolute atomic E-state index is 0.0534. The zero-order chi connectivity index (χ0) is 18.2. The SMILES string of the molecule is CCCCCCCCC(C=O)CCC(=O)O.Nc1cccc(N)c1. The molecule has 0 aliphatic rings. The van der Waals surface area contributed by atoms with Crippen molar-refractivity contribution in [3.63, 3.8) is 0 Å². The molecular formula is C19H32N2O3. The van der Waals surface area contributed by atoms with Crippen molar-refractivity contribution >= 4 is 23.6 Å². The molecule has 0 spiro atoms. The molecule has 1 rings (SSSR count). The number of hydrogen-bond acceptors (Lipinski definition) is 4. The van der Waals surface area contributed by atoms with Gasteiger partial charge in [0.2, 0.25) is 0 Å². The second-order valence-electron chi connectivity index (χ2n) is 6.06. The summed E-state index contributed by atoms with van der Waals surface area (Å²) in [5.41, 5.74) is 12.2. The molecule has 0 bridgehead atoms. The van der Waals surface area contributed by atoms with Crippen molar-refractivity contribution in [1.29, 1.82) is 0 Å². The molecule has 5 nitrogen and oxygen atoms in total. The van der Waals surface area contributed by atoms with Gasteiger partial charge in [0.25, 0.3) is 0 Å². The first-order valence-electron chi connectivity index (χ1n) is 8.77. The maximum Gasteiger partial charge on any atom is 0.303 e. The van der Waals surface area contributed by atoms with Gasteiger partial charge in [-0.2, -0.15) is 0 Å². The van der Waals surface area contributed by atoms with Crippen molar-refractivity contribution in [2.45, 2.75) is 64.7 Å². The molecule has 0 heterocycles. The van der Waals surface area contributed by atoms with Crippen LogP contribution in [-0.4, -0.2) is 17.4 Å². The van der Waals surface area contributed by atoms with E-state index in [1.54, 1.807) is 18.2 Å². The molecule has 0 saturated carbocycles. The highest BCUT2D eigenvalue weighted by molar-refractivity contribution is 5.67. The summed E-state index contributed by atoms with van der Waals surface area (Å²) in [6.07, 6.45) is 9.62. The predicted octanol–water partition coefficient (Wildman–Crippen LogP) is 4.27. The molecule has 0 saturated heterocycles. The number of aldehydes is 1. The van der Waals surface area contributed by atoms with Crippen molar-refractivity contribution in [3.05, 3.63) is 24.3 Å². The third-order valence-corrected chi connectivity index (χ3v) is 3.76. The number of carboxylic acids is 1. The van der Waals surface area contributed by atoms with Crippen LogP contribution in [0.1, 0.15) is 64.7 Å². The number of carboxylic acid groups (broad SMARTS) is 1. The van der Waals surface area contributed by atoms with Crippen LogP contribution in [-0.2, 0) is 9.59 Å². The number of nitrogen functional groups attached to an aromatic ring is 2. The van der Waals surface area contributed by atoms with E-state index < -0.39 is 5.97 Å². The Morgan fingerprint density at radius 2 is 1.67 bits per heavy atom. The molecule has 5 N–H and O–H groups in total. The molecule has 0 fully saturated rings. The van der Waals surface area contributed by atoms with Crippen molar-refractivity contribution in [1.82, 2.24) is 0 Å². The lowest BCUT2D eigenvalue weighted by atomic mass is 9.97. The monoisotopic (exact) mass is 336 g/mol. The van der Waals surface area contributed by atoms with Crippen molar-refractivity contribution in [2.75, 3.05) is 11.5 Å². The number of aliphatic carboxylic acids is 1. The highest BCUT2D eigenvalue weighted by Gasteiger charge is 2.09. The van der Waals surface area contributed by atoms with E-state index in [0.717, 1.165) is 25.5 Å². The Balaban J connectivity index is 0.000000546. The zero-order valence-electron chi connectivity index (χ0n) is 14.7. The smallest absolute Gasteiger partial charge is 0.303 e. The van der Waals surface area contributed by atoms with Gasteiger partial charge < -0.3 is 21.4 Å². The molecule has 0 radical (unpaired) electrons. The van der Waals surface area contributed by atoms with Gasteiger partial charge in [-0.05, 0) is 31.0 Å². The van der Waals surface area contributed by atoms with Gasteiger partial charge in [0, 0.05) is 23.7 Å². The molecule has 1 atom stereocenters. The van der Waals surface area contributed by atoms with Crippen LogP contribution in [0.5, 0.6) is 0 Å². The van der Waals surface area contributed by atoms with Gasteiger partial charge in [-0.3, -0.25) is 4.79 Å². The summed E-state index contributed by atoms with van der Waals surface area (Å²) in [6.45, 7) is 2.19. The molecule has 1 aromatic carbocycles. The molecule has 1 unspecified atom stereocenters. The third-order valence-electron chi connectivity index (χ3n) is 3.76. The first-order chi connectivity index (χ1) is 11.5. The quantitative estimate of drug-likeness (QED) is 0.318. The Labute approximate surface area is 145 Å². The van der Waals surface area contributed by atoms with E-state index >= 15 is 0 Å². The first-order valence-corrected chi connectivity index (χ1v) is 8.77. The second-order valence-corrected chi connectivity index (χ2v) is 6.06. The van der Waals surface area contributed by atoms with Crippen LogP contribution in [0.25, 0.3) is 0 Å². The number of unbranched alkanes of at least 4 members (excludes halogenated alkanes) is 5. The number of nitrogens with two attached hydrogens (primary N) is 2. The average Bonchev–Trinajstić information content (AvgIpc) is 2.53. The van der Waals surface area contributed by atoms with Gasteiger partial charge in [-0.25, -0.2) is 0 Å². The molecule has 24 heavy (non-hydrogen) atoms. The van der Waals surface area contributed by atoms with Crippen molar-refractivity contribution < 1.29 is 14.7 Å². The average molecular weight is 336 g/mol. The Morgan fingerprint density at radius 1 is 1.08 bits per heavy atom. The first kappa shape index (κ1) is 22.0. The van der Waals surface area contributed by atoms with Gasteiger partial charge >= 0.3 is 5.97 Å². The molecule has 136 valence electrons. The van der Waals surface area contributed by atoms with Gasteiger partial charge in [0.05, 0.1) is 0 Å². The maximum absolute atomic E-state index is 10.7. The molecule has 0 aliphatic carbocycles. The van der Waals surface area contributed by atoms with Gasteiger partial charge in [0.15, 0.2) is 0 Å². The Morgan fingerprint density at radius 3 is 2.12 bits per heavy atom. The molecule has 5 heteroatoms. The van der Waals surface area contributed by atoms with Crippen LogP contribution in [0, 0.1) is 5.92 Å². The number of rotatable bonds is 11. The summed E-state index contributed by atoms with van der Waals surface area (Å²) in [5.74, 6) is -0.864. The van der Waals surface area contributed by atoms with Gasteiger partial charge in [-0.15, -0.1) is 0 Å². The number of carbonyl (C=O) groups is 2. The highest BCUT2D eigenvalue weighted by Crippen LogP contribution is 2.15. The number of carbonyl (C=O) groups excluding carboxylic acids is 1. The summed E-state index contributed by atoms with van der Waals surface area (Å²) in [4.78, 5) is 21.0. The summed E-state index contributed by atoms with van der Waals surface area (Å²) in [7, 11) is 0. The summed E-state index contributed by atoms with van der Waals surface area (Å²) < 4.78 is 0. The van der Waals surface area contributed by atoms with Crippen LogP contribution in [0.4, 0.5) is 11.4 Å². The van der Waals surface area contributed by atoms with Crippen LogP contribution < -0.4 is 11.5 Å². The highest BCUT2D eigenvalue weighted by atomic mass is 16.4. The summed E-state index contributed by atoms with van der Waals surface area (Å²) in [5, 5.41) is 8.51. The zero-order valence-corrected chi connectivity index (χ0v) is 14.7. The van der Waals surface area contributed by atoms with Gasteiger partial charge in [0.1, 0.15) is 6.29 Å². The Kier molecular flexibility index (Phi) is 13.3. The van der Waals surface area contributed by atoms with Gasteiger partial charge in [-0.1, -0.05) is 51.5 Å². The fraction of sp³-hybridized carbons (Fsp3) is 0.579. The van der Waals surface area contributed by atoms with E-state index in [0.29, 0.717) is 17.8 Å². The standard InChI is InChI=1S/C13H24O3.C6H8N2/c1-2-3-4-5-6-7-8-12(11-14)9-10-13(15)16;7-5-2-1-3-6(8)4-5/h11-12H,2-10H2,1H3,(H,15,16);1-4H,7-8H2. The minimum atomic E-state index is -0.810. The summed E-state index contributed by atoms with van der Waals surface area (Å²) >= 11 is 0. The van der Waals surface area contributed by atoms with Crippen molar-refractivity contribution in [3.8, 4) is 0 Å². The molecule has 0 amide bonds. The van der Waals surface area contributed by atoms with Crippen molar-refractivity contribution in [2.24, 2.45) is 5.92 Å².